The van der Waals surface area contributed by atoms with E-state index in [1.54, 1.807) is 0 Å². The largest absolute Gasteiger partial charge is 0.425 e. The van der Waals surface area contributed by atoms with Crippen LogP contribution in [0.15, 0.2) is 18.2 Å². The maximum Gasteiger partial charge on any atom is 0.334 e. The number of fused-ring (bicyclic) bond motifs is 1. The number of unbranched alkanes of at least 4 members (excludes halogenated alkanes) is 2. The summed E-state index contributed by atoms with van der Waals surface area (Å²) in [5.41, 5.74) is 7.23. The zero-order chi connectivity index (χ0) is 22.0. The van der Waals surface area contributed by atoms with Gasteiger partial charge in [0.1, 0.15) is 11.8 Å². The number of ether oxygens (including phenoxy) is 1. The van der Waals surface area contributed by atoms with Crippen LogP contribution >= 0.6 is 0 Å². The van der Waals surface area contributed by atoms with Gasteiger partial charge in [-0.2, -0.15) is 0 Å². The van der Waals surface area contributed by atoms with E-state index in [0.29, 0.717) is 17.6 Å². The number of amides is 1. The van der Waals surface area contributed by atoms with Gasteiger partial charge < -0.3 is 15.8 Å². The summed E-state index contributed by atoms with van der Waals surface area (Å²) in [4.78, 5) is 24.0. The fraction of sp³-hybridized carbons (Fsp3) is 0.667. The van der Waals surface area contributed by atoms with Gasteiger partial charge in [-0.05, 0) is 67.3 Å². The molecule has 0 heterocycles. The Balaban J connectivity index is 0.00000204. The van der Waals surface area contributed by atoms with Gasteiger partial charge in [-0.15, -0.1) is 0 Å². The first kappa shape index (κ1) is 25.2. The average molecular weight is 405 g/mol. The van der Waals surface area contributed by atoms with E-state index in [9.17, 15) is 9.59 Å². The molecule has 1 aliphatic carbocycles. The molecule has 1 amide bonds. The number of carbonyl (C=O) groups excluding carboxylic acids is 2. The fourth-order valence-corrected chi connectivity index (χ4v) is 4.05. The summed E-state index contributed by atoms with van der Waals surface area (Å²) in [6.07, 6.45) is 7.24. The summed E-state index contributed by atoms with van der Waals surface area (Å²) >= 11 is 0. The molecule has 0 radical (unpaired) electrons. The smallest absolute Gasteiger partial charge is 0.334 e. The summed E-state index contributed by atoms with van der Waals surface area (Å²) in [5.74, 6) is 1.14. The number of aryl methyl sites for hydroxylation is 1. The summed E-state index contributed by atoms with van der Waals surface area (Å²) in [5, 5.41) is 2.70. The molecule has 5 heteroatoms. The van der Waals surface area contributed by atoms with Crippen molar-refractivity contribution >= 4 is 11.9 Å². The van der Waals surface area contributed by atoms with Gasteiger partial charge >= 0.3 is 5.97 Å². The SMILES string of the molecule is CCCCCC1c2cc(OC(=O)C(NC(C)=O)C(C)C)ccc2CCC1C.CN. The Bertz CT molecular complexity index is 658. The molecule has 1 aliphatic rings. The normalized spacial score (nSPS) is 18.9. The number of hydrogen-bond donors (Lipinski definition) is 2. The molecular formula is C24H40N2O3. The highest BCUT2D eigenvalue weighted by molar-refractivity contribution is 5.84. The average Bonchev–Trinajstić information content (AvgIpc) is 2.69. The molecule has 5 nitrogen and oxygen atoms in total. The molecule has 164 valence electrons. The minimum Gasteiger partial charge on any atom is -0.425 e. The van der Waals surface area contributed by atoms with Gasteiger partial charge in [0.15, 0.2) is 0 Å². The van der Waals surface area contributed by atoms with Crippen LogP contribution in [0.2, 0.25) is 0 Å². The molecule has 0 saturated heterocycles. The van der Waals surface area contributed by atoms with Crippen molar-refractivity contribution in [1.82, 2.24) is 5.32 Å². The third kappa shape index (κ3) is 7.46. The predicted octanol–water partition coefficient (Wildman–Crippen LogP) is 4.57. The molecule has 0 bridgehead atoms. The third-order valence-electron chi connectivity index (χ3n) is 5.69. The Morgan fingerprint density at radius 1 is 1.24 bits per heavy atom. The number of esters is 1. The van der Waals surface area contributed by atoms with E-state index in [1.165, 1.54) is 57.2 Å². The second kappa shape index (κ2) is 12.6. The van der Waals surface area contributed by atoms with E-state index in [4.69, 9.17) is 4.74 Å². The first-order valence-electron chi connectivity index (χ1n) is 11.0. The minimum absolute atomic E-state index is 0.0270. The molecule has 3 unspecified atom stereocenters. The van der Waals surface area contributed by atoms with Crippen molar-refractivity contribution in [2.45, 2.75) is 85.1 Å². The van der Waals surface area contributed by atoms with Crippen molar-refractivity contribution in [2.24, 2.45) is 17.6 Å². The van der Waals surface area contributed by atoms with Crippen molar-refractivity contribution in [1.29, 1.82) is 0 Å². The van der Waals surface area contributed by atoms with Crippen LogP contribution in [0.1, 0.15) is 83.8 Å². The van der Waals surface area contributed by atoms with Crippen molar-refractivity contribution < 1.29 is 14.3 Å². The highest BCUT2D eigenvalue weighted by Crippen LogP contribution is 2.40. The summed E-state index contributed by atoms with van der Waals surface area (Å²) in [6.45, 7) is 9.80. The van der Waals surface area contributed by atoms with Crippen molar-refractivity contribution in [3.05, 3.63) is 29.3 Å². The summed E-state index contributed by atoms with van der Waals surface area (Å²) in [7, 11) is 1.50. The quantitative estimate of drug-likeness (QED) is 0.378. The second-order valence-electron chi connectivity index (χ2n) is 8.32. The van der Waals surface area contributed by atoms with Gasteiger partial charge in [-0.1, -0.05) is 53.0 Å². The number of hydrogen-bond acceptors (Lipinski definition) is 4. The molecule has 29 heavy (non-hydrogen) atoms. The van der Waals surface area contributed by atoms with E-state index >= 15 is 0 Å². The molecule has 0 saturated carbocycles. The van der Waals surface area contributed by atoms with Crippen LogP contribution < -0.4 is 15.8 Å². The molecule has 1 aromatic carbocycles. The van der Waals surface area contributed by atoms with Crippen LogP contribution in [0.5, 0.6) is 5.75 Å². The standard InChI is InChI=1S/C23H35NO3.CH5N/c1-6-7-8-9-20-16(4)10-11-18-12-13-19(14-21(18)20)27-23(26)22(15(2)3)24-17(5)25;1-2/h12-16,20,22H,6-11H2,1-5H3,(H,24,25);2H2,1H3. The Morgan fingerprint density at radius 2 is 1.93 bits per heavy atom. The Morgan fingerprint density at radius 3 is 2.52 bits per heavy atom. The topological polar surface area (TPSA) is 81.4 Å². The first-order valence-corrected chi connectivity index (χ1v) is 11.0. The number of rotatable bonds is 8. The van der Waals surface area contributed by atoms with Gasteiger partial charge in [0, 0.05) is 6.92 Å². The Hall–Kier alpha value is -1.88. The van der Waals surface area contributed by atoms with Gasteiger partial charge in [-0.3, -0.25) is 4.79 Å². The first-order chi connectivity index (χ1) is 13.8. The van der Waals surface area contributed by atoms with Crippen LogP contribution in [0, 0.1) is 11.8 Å². The molecule has 2 rings (SSSR count). The molecule has 3 N–H and O–H groups in total. The molecule has 0 aliphatic heterocycles. The van der Waals surface area contributed by atoms with E-state index in [1.807, 2.05) is 19.9 Å². The van der Waals surface area contributed by atoms with Crippen LogP contribution in [0.3, 0.4) is 0 Å². The van der Waals surface area contributed by atoms with Gasteiger partial charge in [-0.25, -0.2) is 4.79 Å². The van der Waals surface area contributed by atoms with E-state index in [0.717, 1.165) is 6.42 Å². The third-order valence-corrected chi connectivity index (χ3v) is 5.69. The van der Waals surface area contributed by atoms with Crippen LogP contribution in [-0.2, 0) is 16.0 Å². The van der Waals surface area contributed by atoms with Gasteiger partial charge in [0.25, 0.3) is 0 Å². The summed E-state index contributed by atoms with van der Waals surface area (Å²) in [6, 6.07) is 5.43. The second-order valence-corrected chi connectivity index (χ2v) is 8.32. The lowest BCUT2D eigenvalue weighted by molar-refractivity contribution is -0.140. The predicted molar refractivity (Wildman–Crippen MR) is 119 cm³/mol. The van der Waals surface area contributed by atoms with Crippen LogP contribution in [-0.4, -0.2) is 25.0 Å². The number of benzene rings is 1. The zero-order valence-electron chi connectivity index (χ0n) is 19.1. The molecule has 1 aromatic rings. The van der Waals surface area contributed by atoms with E-state index in [2.05, 4.69) is 37.0 Å². The molecule has 3 atom stereocenters. The zero-order valence-corrected chi connectivity index (χ0v) is 19.1. The lowest BCUT2D eigenvalue weighted by atomic mass is 9.73. The fourth-order valence-electron chi connectivity index (χ4n) is 4.05. The van der Waals surface area contributed by atoms with Gasteiger partial charge in [0.05, 0.1) is 0 Å². The van der Waals surface area contributed by atoms with E-state index < -0.39 is 12.0 Å². The van der Waals surface area contributed by atoms with Crippen molar-refractivity contribution in [2.75, 3.05) is 7.05 Å². The van der Waals surface area contributed by atoms with Crippen LogP contribution in [0.4, 0.5) is 0 Å². The lowest BCUT2D eigenvalue weighted by Crippen LogP contribution is -2.45. The molecule has 0 aromatic heterocycles. The summed E-state index contributed by atoms with van der Waals surface area (Å²) < 4.78 is 5.66. The number of nitrogens with two attached hydrogens (primary N) is 1. The highest BCUT2D eigenvalue weighted by atomic mass is 16.5. The monoisotopic (exact) mass is 404 g/mol. The maximum absolute atomic E-state index is 12.6. The molecular weight excluding hydrogens is 364 g/mol. The van der Waals surface area contributed by atoms with Gasteiger partial charge in [0.2, 0.25) is 5.91 Å². The maximum atomic E-state index is 12.6. The Kier molecular flexibility index (Phi) is 11.0. The number of carbonyl (C=O) groups is 2. The lowest BCUT2D eigenvalue weighted by Gasteiger charge is -2.32. The van der Waals surface area contributed by atoms with E-state index in [-0.39, 0.29) is 11.8 Å². The van der Waals surface area contributed by atoms with Crippen molar-refractivity contribution in [3.8, 4) is 5.75 Å². The minimum atomic E-state index is -0.627. The molecule has 0 spiro atoms. The number of nitrogens with one attached hydrogen (secondary N) is 1. The Labute approximate surface area is 176 Å². The highest BCUT2D eigenvalue weighted by Gasteiger charge is 2.28. The van der Waals surface area contributed by atoms with Crippen LogP contribution in [0.25, 0.3) is 0 Å². The molecule has 0 fully saturated rings. The van der Waals surface area contributed by atoms with Crippen molar-refractivity contribution in [3.63, 3.8) is 0 Å².